The molecule has 0 spiro atoms. The molecule has 1 heterocycles. The van der Waals surface area contributed by atoms with Gasteiger partial charge in [0.05, 0.1) is 18.7 Å². The molecule has 2 N–H and O–H groups in total. The van der Waals surface area contributed by atoms with E-state index in [0.29, 0.717) is 30.4 Å². The molecule has 0 aliphatic rings. The number of hydrogen-bond donors (Lipinski definition) is 1. The topological polar surface area (TPSA) is 62.3 Å². The first-order valence-corrected chi connectivity index (χ1v) is 6.37. The fourth-order valence-corrected chi connectivity index (χ4v) is 1.97. The van der Waals surface area contributed by atoms with Gasteiger partial charge in [-0.1, -0.05) is 6.07 Å². The first kappa shape index (κ1) is 14.5. The van der Waals surface area contributed by atoms with E-state index in [1.165, 1.54) is 0 Å². The number of rotatable bonds is 7. The summed E-state index contributed by atoms with van der Waals surface area (Å²) in [4.78, 5) is 4.26. The molecule has 0 saturated carbocycles. The van der Waals surface area contributed by atoms with Crippen molar-refractivity contribution in [2.45, 2.75) is 19.9 Å². The molecule has 0 radical (unpaired) electrons. The largest absolute Gasteiger partial charge is 0.492 e. The summed E-state index contributed by atoms with van der Waals surface area (Å²) in [6.07, 6.45) is -2.46. The maximum atomic E-state index is 12.0. The third-order valence-corrected chi connectivity index (χ3v) is 2.77. The second kappa shape index (κ2) is 6.51. The van der Waals surface area contributed by atoms with Gasteiger partial charge in [-0.3, -0.25) is 0 Å². The number of imidazole rings is 1. The van der Waals surface area contributed by atoms with Crippen molar-refractivity contribution in [3.05, 3.63) is 18.2 Å². The molecule has 5 nitrogen and oxygen atoms in total. The molecule has 0 aliphatic heterocycles. The Morgan fingerprint density at radius 2 is 2.20 bits per heavy atom. The van der Waals surface area contributed by atoms with Gasteiger partial charge in [-0.25, -0.2) is 13.8 Å². The minimum Gasteiger partial charge on any atom is -0.492 e. The molecular weight excluding hydrogens is 268 g/mol. The van der Waals surface area contributed by atoms with E-state index >= 15 is 0 Å². The average Bonchev–Trinajstić information content (AvgIpc) is 2.72. The summed E-state index contributed by atoms with van der Waals surface area (Å²) in [6, 6.07) is 5.51. The van der Waals surface area contributed by atoms with Gasteiger partial charge < -0.3 is 19.8 Å². The summed E-state index contributed by atoms with van der Waals surface area (Å²) in [5, 5.41) is 0. The molecule has 0 fully saturated rings. The van der Waals surface area contributed by atoms with Crippen molar-refractivity contribution >= 4 is 17.0 Å². The highest BCUT2D eigenvalue weighted by Crippen LogP contribution is 2.26. The normalized spacial score (nSPS) is 11.4. The van der Waals surface area contributed by atoms with Crippen LogP contribution >= 0.6 is 0 Å². The van der Waals surface area contributed by atoms with E-state index in [0.717, 1.165) is 5.52 Å². The predicted octanol–water partition coefficient (Wildman–Crippen LogP) is 2.30. The Kier molecular flexibility index (Phi) is 4.73. The number of anilines is 1. The zero-order valence-corrected chi connectivity index (χ0v) is 11.2. The van der Waals surface area contributed by atoms with Crippen LogP contribution in [0.4, 0.5) is 14.7 Å². The number of benzene rings is 1. The molecule has 7 heteroatoms. The van der Waals surface area contributed by atoms with Crippen LogP contribution in [0.3, 0.4) is 0 Å². The number of aromatic nitrogens is 2. The zero-order chi connectivity index (χ0) is 14.5. The highest BCUT2D eigenvalue weighted by Gasteiger charge is 2.12. The Balaban J connectivity index is 2.16. The number of fused-ring (bicyclic) bond motifs is 1. The summed E-state index contributed by atoms with van der Waals surface area (Å²) in [5.41, 5.74) is 7.32. The molecule has 0 aliphatic carbocycles. The van der Waals surface area contributed by atoms with E-state index < -0.39 is 13.0 Å². The van der Waals surface area contributed by atoms with Crippen LogP contribution in [-0.4, -0.2) is 35.8 Å². The third-order valence-electron chi connectivity index (χ3n) is 2.77. The van der Waals surface area contributed by atoms with Gasteiger partial charge in [0.1, 0.15) is 17.9 Å². The lowest BCUT2D eigenvalue weighted by molar-refractivity contribution is 0.0151. The lowest BCUT2D eigenvalue weighted by Gasteiger charge is -2.08. The number of nitrogens with two attached hydrogens (primary N) is 1. The molecule has 20 heavy (non-hydrogen) atoms. The van der Waals surface area contributed by atoms with E-state index in [2.05, 4.69) is 4.98 Å². The third kappa shape index (κ3) is 3.16. The van der Waals surface area contributed by atoms with E-state index in [4.69, 9.17) is 15.2 Å². The fraction of sp³-hybridized carbons (Fsp3) is 0.462. The standard InChI is InChI=1S/C13H17F2N3O2/c1-2-20-10-5-3-4-9-12(10)17-13(16)18(9)6-7-19-8-11(14)15/h3-5,11H,2,6-8H2,1H3,(H2,16,17). The Morgan fingerprint density at radius 3 is 2.90 bits per heavy atom. The first-order valence-electron chi connectivity index (χ1n) is 6.37. The van der Waals surface area contributed by atoms with Crippen molar-refractivity contribution in [1.82, 2.24) is 9.55 Å². The number of para-hydroxylation sites is 1. The second-order valence-electron chi connectivity index (χ2n) is 4.14. The van der Waals surface area contributed by atoms with Gasteiger partial charge >= 0.3 is 0 Å². The van der Waals surface area contributed by atoms with Crippen molar-refractivity contribution in [1.29, 1.82) is 0 Å². The number of nitrogen functional groups attached to an aromatic ring is 1. The molecule has 0 amide bonds. The molecule has 0 saturated heterocycles. The van der Waals surface area contributed by atoms with Crippen LogP contribution in [0.2, 0.25) is 0 Å². The highest BCUT2D eigenvalue weighted by atomic mass is 19.3. The van der Waals surface area contributed by atoms with Crippen LogP contribution in [0.1, 0.15) is 6.92 Å². The molecule has 110 valence electrons. The van der Waals surface area contributed by atoms with Crippen molar-refractivity contribution in [2.75, 3.05) is 25.6 Å². The molecule has 0 atom stereocenters. The number of alkyl halides is 2. The summed E-state index contributed by atoms with van der Waals surface area (Å²) < 4.78 is 36.0. The van der Waals surface area contributed by atoms with Crippen LogP contribution in [0.15, 0.2) is 18.2 Å². The quantitative estimate of drug-likeness (QED) is 0.793. The Labute approximate surface area is 115 Å². The van der Waals surface area contributed by atoms with E-state index in [-0.39, 0.29) is 6.61 Å². The van der Waals surface area contributed by atoms with Gasteiger partial charge in [0, 0.05) is 6.54 Å². The van der Waals surface area contributed by atoms with E-state index in [1.807, 2.05) is 25.1 Å². The Morgan fingerprint density at radius 1 is 1.40 bits per heavy atom. The monoisotopic (exact) mass is 285 g/mol. The first-order chi connectivity index (χ1) is 9.63. The van der Waals surface area contributed by atoms with Gasteiger partial charge in [-0.15, -0.1) is 0 Å². The Hall–Kier alpha value is -1.89. The highest BCUT2D eigenvalue weighted by molar-refractivity contribution is 5.84. The smallest absolute Gasteiger partial charge is 0.261 e. The Bertz CT molecular complexity index is 572. The zero-order valence-electron chi connectivity index (χ0n) is 11.2. The molecule has 0 bridgehead atoms. The van der Waals surface area contributed by atoms with Gasteiger partial charge in [0.25, 0.3) is 6.43 Å². The maximum absolute atomic E-state index is 12.0. The van der Waals surface area contributed by atoms with E-state index in [1.54, 1.807) is 4.57 Å². The van der Waals surface area contributed by atoms with Crippen molar-refractivity contribution in [2.24, 2.45) is 0 Å². The molecular formula is C13H17F2N3O2. The number of halogens is 2. The summed E-state index contributed by atoms with van der Waals surface area (Å²) in [7, 11) is 0. The van der Waals surface area contributed by atoms with Gasteiger partial charge in [-0.2, -0.15) is 0 Å². The molecule has 2 rings (SSSR count). The van der Waals surface area contributed by atoms with Crippen molar-refractivity contribution in [3.63, 3.8) is 0 Å². The van der Waals surface area contributed by atoms with Crippen LogP contribution in [0.5, 0.6) is 5.75 Å². The summed E-state index contributed by atoms with van der Waals surface area (Å²) in [6.45, 7) is 2.36. The lowest BCUT2D eigenvalue weighted by Crippen LogP contribution is -2.12. The van der Waals surface area contributed by atoms with Crippen LogP contribution in [-0.2, 0) is 11.3 Å². The summed E-state index contributed by atoms with van der Waals surface area (Å²) >= 11 is 0. The molecule has 1 aromatic carbocycles. The van der Waals surface area contributed by atoms with Crippen LogP contribution in [0.25, 0.3) is 11.0 Å². The number of hydrogen-bond acceptors (Lipinski definition) is 4. The van der Waals surface area contributed by atoms with Crippen molar-refractivity contribution in [3.8, 4) is 5.75 Å². The SMILES string of the molecule is CCOc1cccc2c1nc(N)n2CCOCC(F)F. The number of nitrogens with zero attached hydrogens (tertiary/aromatic N) is 2. The molecule has 1 aromatic heterocycles. The average molecular weight is 285 g/mol. The fourth-order valence-electron chi connectivity index (χ4n) is 1.97. The predicted molar refractivity (Wildman–Crippen MR) is 72.1 cm³/mol. The molecule has 0 unspecified atom stereocenters. The maximum Gasteiger partial charge on any atom is 0.261 e. The lowest BCUT2D eigenvalue weighted by atomic mass is 10.3. The van der Waals surface area contributed by atoms with E-state index in [9.17, 15) is 8.78 Å². The minimum absolute atomic E-state index is 0.152. The van der Waals surface area contributed by atoms with Gasteiger partial charge in [-0.05, 0) is 19.1 Å². The van der Waals surface area contributed by atoms with Gasteiger partial charge in [0.2, 0.25) is 5.95 Å². The number of ether oxygens (including phenoxy) is 2. The van der Waals surface area contributed by atoms with Crippen molar-refractivity contribution < 1.29 is 18.3 Å². The molecule has 2 aromatic rings. The van der Waals surface area contributed by atoms with Crippen LogP contribution in [0, 0.1) is 0 Å². The minimum atomic E-state index is -2.46. The second-order valence-corrected chi connectivity index (χ2v) is 4.14. The van der Waals surface area contributed by atoms with Crippen LogP contribution < -0.4 is 10.5 Å². The van der Waals surface area contributed by atoms with Gasteiger partial charge in [0.15, 0.2) is 0 Å². The summed E-state index contributed by atoms with van der Waals surface area (Å²) in [5.74, 6) is 0.969.